The van der Waals surface area contributed by atoms with Crippen molar-refractivity contribution in [1.82, 2.24) is 19.2 Å². The van der Waals surface area contributed by atoms with Crippen molar-refractivity contribution >= 4 is 45.7 Å². The molecular weight excluding hydrogens is 413 g/mol. The highest BCUT2D eigenvalue weighted by Gasteiger charge is 2.26. The zero-order valence-corrected chi connectivity index (χ0v) is 17.3. The summed E-state index contributed by atoms with van der Waals surface area (Å²) >= 11 is 7.86. The number of imidazole rings is 1. The molecule has 0 aliphatic carbocycles. The maximum absolute atomic E-state index is 15.3. The number of ether oxygens (including phenoxy) is 1. The normalized spacial score (nSPS) is 17.4. The summed E-state index contributed by atoms with van der Waals surface area (Å²) in [5.74, 6) is -0.0194. The lowest BCUT2D eigenvalue weighted by molar-refractivity contribution is -0.0369. The number of fused-ring (bicyclic) bond motifs is 2. The van der Waals surface area contributed by atoms with E-state index in [-0.39, 0.29) is 11.3 Å². The van der Waals surface area contributed by atoms with Crippen LogP contribution in [0.25, 0.3) is 27.7 Å². The largest absolute Gasteiger partial charge is 0.382 e. The molecule has 0 saturated carbocycles. The van der Waals surface area contributed by atoms with Crippen LogP contribution >= 0.6 is 23.4 Å². The van der Waals surface area contributed by atoms with Crippen LogP contribution < -0.4 is 5.73 Å². The Morgan fingerprint density at radius 3 is 2.93 bits per heavy atom. The second-order valence-electron chi connectivity index (χ2n) is 7.06. The first-order chi connectivity index (χ1) is 14.1. The molecule has 1 atom stereocenters. The molecule has 1 aromatic carbocycles. The molecule has 0 spiro atoms. The molecule has 1 saturated heterocycles. The number of rotatable bonds is 3. The molecule has 0 bridgehead atoms. The zero-order chi connectivity index (χ0) is 20.1. The van der Waals surface area contributed by atoms with Gasteiger partial charge in [0.05, 0.1) is 27.8 Å². The van der Waals surface area contributed by atoms with E-state index in [4.69, 9.17) is 22.1 Å². The molecule has 0 amide bonds. The number of hydrogen-bond donors (Lipinski definition) is 1. The number of benzene rings is 1. The molecule has 4 heterocycles. The van der Waals surface area contributed by atoms with Crippen LogP contribution in [0.5, 0.6) is 0 Å². The number of halogens is 2. The van der Waals surface area contributed by atoms with E-state index < -0.39 is 5.82 Å². The minimum Gasteiger partial charge on any atom is -0.382 e. The molecule has 150 valence electrons. The van der Waals surface area contributed by atoms with E-state index in [1.54, 1.807) is 17.1 Å². The molecule has 5 rings (SSSR count). The fraction of sp³-hybridized carbons (Fsp3) is 0.300. The van der Waals surface area contributed by atoms with Crippen molar-refractivity contribution < 1.29 is 9.13 Å². The highest BCUT2D eigenvalue weighted by atomic mass is 35.5. The number of nitrogens with two attached hydrogens (primary N) is 1. The average molecular weight is 432 g/mol. The second kappa shape index (κ2) is 7.19. The Hall–Kier alpha value is -2.29. The lowest BCUT2D eigenvalue weighted by atomic mass is 10.0. The number of nitrogens with zero attached hydrogens (tertiary/aromatic N) is 4. The Kier molecular flexibility index (Phi) is 4.64. The number of anilines is 1. The number of thioether (sulfide) groups is 1. The van der Waals surface area contributed by atoms with Gasteiger partial charge in [-0.1, -0.05) is 11.6 Å². The van der Waals surface area contributed by atoms with Gasteiger partial charge >= 0.3 is 0 Å². The van der Waals surface area contributed by atoms with Gasteiger partial charge in [-0.05, 0) is 37.7 Å². The van der Waals surface area contributed by atoms with E-state index in [0.717, 1.165) is 30.2 Å². The third-order valence-electron chi connectivity index (χ3n) is 5.28. The molecule has 0 radical (unpaired) electrons. The van der Waals surface area contributed by atoms with Gasteiger partial charge in [-0.15, -0.1) is 11.8 Å². The topological polar surface area (TPSA) is 70.4 Å². The molecule has 1 unspecified atom stereocenters. The molecular formula is C20H19ClFN5OS. The lowest BCUT2D eigenvalue weighted by Crippen LogP contribution is -2.19. The van der Waals surface area contributed by atoms with Crippen molar-refractivity contribution in [1.29, 1.82) is 0 Å². The van der Waals surface area contributed by atoms with Gasteiger partial charge in [-0.3, -0.25) is 0 Å². The SMILES string of the molecule is CSc1c(F)c(Cl)c(-c2ccc3nc(N)cn3c2)c2cnn(C3CCCCO3)c12. The van der Waals surface area contributed by atoms with Crippen molar-refractivity contribution in [3.63, 3.8) is 0 Å². The van der Waals surface area contributed by atoms with Gasteiger partial charge in [0, 0.05) is 29.3 Å². The fourth-order valence-corrected chi connectivity index (χ4v) is 5.01. The van der Waals surface area contributed by atoms with Crippen molar-refractivity contribution in [2.24, 2.45) is 0 Å². The molecule has 9 heteroatoms. The first-order valence-electron chi connectivity index (χ1n) is 9.37. The van der Waals surface area contributed by atoms with E-state index in [9.17, 15) is 0 Å². The Balaban J connectivity index is 1.78. The van der Waals surface area contributed by atoms with Crippen LogP contribution in [-0.4, -0.2) is 32.0 Å². The Bertz CT molecular complexity index is 1230. The van der Waals surface area contributed by atoms with Crippen LogP contribution in [0.4, 0.5) is 10.2 Å². The lowest BCUT2D eigenvalue weighted by Gasteiger charge is -2.24. The number of nitrogen functional groups attached to an aromatic ring is 1. The van der Waals surface area contributed by atoms with Gasteiger partial charge in [-0.2, -0.15) is 5.10 Å². The van der Waals surface area contributed by atoms with Crippen LogP contribution in [0.2, 0.25) is 5.02 Å². The van der Waals surface area contributed by atoms with Gasteiger partial charge in [0.1, 0.15) is 11.5 Å². The van der Waals surface area contributed by atoms with E-state index in [1.165, 1.54) is 11.8 Å². The van der Waals surface area contributed by atoms with Crippen LogP contribution in [0, 0.1) is 5.82 Å². The summed E-state index contributed by atoms with van der Waals surface area (Å²) in [7, 11) is 0. The molecule has 1 aliphatic rings. The van der Waals surface area contributed by atoms with Crippen molar-refractivity contribution in [2.75, 3.05) is 18.6 Å². The smallest absolute Gasteiger partial charge is 0.158 e. The predicted octanol–water partition coefficient (Wildman–Crippen LogP) is 5.15. The average Bonchev–Trinajstić information content (AvgIpc) is 3.32. The summed E-state index contributed by atoms with van der Waals surface area (Å²) in [6.07, 6.45) is 9.91. The summed E-state index contributed by atoms with van der Waals surface area (Å²) in [5, 5.41) is 5.45. The summed E-state index contributed by atoms with van der Waals surface area (Å²) < 4.78 is 24.9. The van der Waals surface area contributed by atoms with Crippen molar-refractivity contribution in [3.8, 4) is 11.1 Å². The number of aromatic nitrogens is 4. The molecule has 4 aromatic rings. The van der Waals surface area contributed by atoms with Gasteiger partial charge in [0.2, 0.25) is 0 Å². The molecule has 29 heavy (non-hydrogen) atoms. The van der Waals surface area contributed by atoms with Gasteiger partial charge < -0.3 is 14.9 Å². The molecule has 2 N–H and O–H groups in total. The highest BCUT2D eigenvalue weighted by molar-refractivity contribution is 7.98. The minimum absolute atomic E-state index is 0.0819. The van der Waals surface area contributed by atoms with Crippen LogP contribution in [0.15, 0.2) is 35.6 Å². The maximum atomic E-state index is 15.3. The van der Waals surface area contributed by atoms with Gasteiger partial charge in [0.15, 0.2) is 12.0 Å². The molecule has 1 aliphatic heterocycles. The van der Waals surface area contributed by atoms with Gasteiger partial charge in [-0.25, -0.2) is 14.1 Å². The molecule has 3 aromatic heterocycles. The predicted molar refractivity (Wildman–Crippen MR) is 114 cm³/mol. The van der Waals surface area contributed by atoms with Crippen LogP contribution in [0.3, 0.4) is 0 Å². The standard InChI is InChI=1S/C20H19ClFN5OS/c1-29-20-18(22)17(21)16(11-5-6-14-25-13(23)10-26(14)9-11)12-8-24-27(19(12)20)15-4-2-3-7-28-15/h5-6,8-10,15H,2-4,7,23H2,1H3. The first kappa shape index (κ1) is 18.7. The fourth-order valence-electron chi connectivity index (χ4n) is 3.97. The summed E-state index contributed by atoms with van der Waals surface area (Å²) in [4.78, 5) is 4.72. The van der Waals surface area contributed by atoms with Crippen LogP contribution in [-0.2, 0) is 4.74 Å². The maximum Gasteiger partial charge on any atom is 0.158 e. The summed E-state index contributed by atoms with van der Waals surface area (Å²) in [5.41, 5.74) is 8.60. The van der Waals surface area contributed by atoms with Crippen molar-refractivity contribution in [3.05, 3.63) is 41.6 Å². The summed E-state index contributed by atoms with van der Waals surface area (Å²) in [6, 6.07) is 3.71. The van der Waals surface area contributed by atoms with E-state index in [2.05, 4.69) is 10.1 Å². The Labute approximate surface area is 175 Å². The number of pyridine rings is 1. The van der Waals surface area contributed by atoms with Gasteiger partial charge in [0.25, 0.3) is 0 Å². The Morgan fingerprint density at radius 1 is 1.31 bits per heavy atom. The van der Waals surface area contributed by atoms with E-state index in [1.807, 2.05) is 29.0 Å². The monoisotopic (exact) mass is 431 g/mol. The summed E-state index contributed by atoms with van der Waals surface area (Å²) in [6.45, 7) is 0.683. The van der Waals surface area contributed by atoms with E-state index >= 15 is 4.39 Å². The third-order valence-corrected chi connectivity index (χ3v) is 6.42. The van der Waals surface area contributed by atoms with E-state index in [0.29, 0.717) is 34.0 Å². The molecule has 6 nitrogen and oxygen atoms in total. The second-order valence-corrected chi connectivity index (χ2v) is 8.25. The highest BCUT2D eigenvalue weighted by Crippen LogP contribution is 2.44. The minimum atomic E-state index is -0.440. The number of hydrogen-bond acceptors (Lipinski definition) is 5. The first-order valence-corrected chi connectivity index (χ1v) is 11.0. The third kappa shape index (κ3) is 2.97. The van der Waals surface area contributed by atoms with Crippen molar-refractivity contribution in [2.45, 2.75) is 30.4 Å². The zero-order valence-electron chi connectivity index (χ0n) is 15.7. The van der Waals surface area contributed by atoms with Crippen LogP contribution in [0.1, 0.15) is 25.5 Å². The molecule has 1 fully saturated rings. The quantitative estimate of drug-likeness (QED) is 0.454. The Morgan fingerprint density at radius 2 is 2.17 bits per heavy atom.